The average Bonchev–Trinajstić information content (AvgIpc) is 2.63. The van der Waals surface area contributed by atoms with Crippen molar-refractivity contribution in [1.82, 2.24) is 15.1 Å². The largest absolute Gasteiger partial charge is 0.311 e. The van der Waals surface area contributed by atoms with E-state index in [2.05, 4.69) is 30.5 Å². The molecular weight excluding hydrogens is 162 g/mol. The first-order chi connectivity index (χ1) is 6.16. The molecule has 2 rings (SSSR count). The van der Waals surface area contributed by atoms with Gasteiger partial charge in [0, 0.05) is 31.2 Å². The first kappa shape index (κ1) is 8.75. The van der Waals surface area contributed by atoms with Gasteiger partial charge in [-0.25, -0.2) is 0 Å². The van der Waals surface area contributed by atoms with Crippen molar-refractivity contribution < 1.29 is 0 Å². The van der Waals surface area contributed by atoms with Crippen molar-refractivity contribution in [2.24, 2.45) is 7.05 Å². The van der Waals surface area contributed by atoms with Crippen LogP contribution in [-0.4, -0.2) is 21.9 Å². The molecule has 2 atom stereocenters. The molecule has 1 saturated carbocycles. The van der Waals surface area contributed by atoms with E-state index >= 15 is 0 Å². The molecule has 3 heteroatoms. The highest BCUT2D eigenvalue weighted by Crippen LogP contribution is 2.40. The predicted octanol–water partition coefficient (Wildman–Crippen LogP) is 1.27. The molecule has 1 aromatic heterocycles. The van der Waals surface area contributed by atoms with Crippen molar-refractivity contribution in [3.05, 3.63) is 18.0 Å². The molecule has 1 aliphatic rings. The highest BCUT2D eigenvalue weighted by molar-refractivity contribution is 5.23. The maximum Gasteiger partial charge on any atom is 0.0525 e. The van der Waals surface area contributed by atoms with Gasteiger partial charge in [-0.3, -0.25) is 4.68 Å². The Morgan fingerprint density at radius 1 is 1.62 bits per heavy atom. The molecule has 0 amide bonds. The van der Waals surface area contributed by atoms with Gasteiger partial charge in [0.05, 0.1) is 6.20 Å². The zero-order valence-corrected chi connectivity index (χ0v) is 8.49. The Labute approximate surface area is 79.1 Å². The van der Waals surface area contributed by atoms with Crippen LogP contribution in [0.1, 0.15) is 31.7 Å². The van der Waals surface area contributed by atoms with Gasteiger partial charge in [-0.15, -0.1) is 0 Å². The van der Waals surface area contributed by atoms with E-state index in [0.717, 1.165) is 0 Å². The molecule has 13 heavy (non-hydrogen) atoms. The summed E-state index contributed by atoms with van der Waals surface area (Å²) in [6, 6.07) is 1.27. The monoisotopic (exact) mass is 179 g/mol. The number of aryl methyl sites for hydroxylation is 1. The van der Waals surface area contributed by atoms with Gasteiger partial charge in [-0.1, -0.05) is 13.8 Å². The third kappa shape index (κ3) is 1.91. The van der Waals surface area contributed by atoms with E-state index in [1.54, 1.807) is 0 Å². The molecule has 3 nitrogen and oxygen atoms in total. The lowest BCUT2D eigenvalue weighted by Gasteiger charge is -2.05. The van der Waals surface area contributed by atoms with Gasteiger partial charge in [-0.2, -0.15) is 5.10 Å². The predicted molar refractivity (Wildman–Crippen MR) is 52.6 cm³/mol. The van der Waals surface area contributed by atoms with Crippen molar-refractivity contribution in [2.45, 2.75) is 38.3 Å². The maximum atomic E-state index is 4.18. The van der Waals surface area contributed by atoms with Crippen LogP contribution in [0.4, 0.5) is 0 Å². The molecule has 0 unspecified atom stereocenters. The molecular formula is C10H17N3. The number of hydrogen-bond donors (Lipinski definition) is 1. The highest BCUT2D eigenvalue weighted by atomic mass is 15.2. The first-order valence-corrected chi connectivity index (χ1v) is 4.91. The number of rotatable bonds is 3. The summed E-state index contributed by atoms with van der Waals surface area (Å²) in [6.45, 7) is 4.39. The Morgan fingerprint density at radius 3 is 2.92 bits per heavy atom. The van der Waals surface area contributed by atoms with Crippen molar-refractivity contribution in [3.8, 4) is 0 Å². The Balaban J connectivity index is 1.92. The summed E-state index contributed by atoms with van der Waals surface area (Å²) in [5.74, 6) is 0.705. The van der Waals surface area contributed by atoms with Gasteiger partial charge in [0.15, 0.2) is 0 Å². The van der Waals surface area contributed by atoms with Crippen LogP contribution in [0.25, 0.3) is 0 Å². The smallest absolute Gasteiger partial charge is 0.0525 e. The molecule has 1 N–H and O–H groups in total. The van der Waals surface area contributed by atoms with Crippen molar-refractivity contribution in [2.75, 3.05) is 0 Å². The second-order valence-corrected chi connectivity index (χ2v) is 4.22. The fourth-order valence-corrected chi connectivity index (χ4v) is 1.81. The number of nitrogens with one attached hydrogen (secondary N) is 1. The Morgan fingerprint density at radius 2 is 2.38 bits per heavy atom. The van der Waals surface area contributed by atoms with Gasteiger partial charge in [0.1, 0.15) is 0 Å². The third-order valence-corrected chi connectivity index (χ3v) is 2.49. The zero-order valence-electron chi connectivity index (χ0n) is 8.49. The Kier molecular flexibility index (Phi) is 2.12. The molecule has 1 aliphatic carbocycles. The molecule has 1 heterocycles. The summed E-state index contributed by atoms with van der Waals surface area (Å²) < 4.78 is 1.88. The number of hydrogen-bond acceptors (Lipinski definition) is 2. The molecule has 1 aromatic rings. The van der Waals surface area contributed by atoms with Crippen LogP contribution in [0.5, 0.6) is 0 Å². The minimum atomic E-state index is 0.590. The molecule has 0 bridgehead atoms. The quantitative estimate of drug-likeness (QED) is 0.757. The van der Waals surface area contributed by atoms with Gasteiger partial charge in [-0.05, 0) is 12.0 Å². The van der Waals surface area contributed by atoms with E-state index in [-0.39, 0.29) is 0 Å². The minimum absolute atomic E-state index is 0.590. The molecule has 72 valence electrons. The molecule has 0 aliphatic heterocycles. The summed E-state index contributed by atoms with van der Waals surface area (Å²) in [5, 5.41) is 7.72. The summed E-state index contributed by atoms with van der Waals surface area (Å²) in [7, 11) is 1.97. The Hall–Kier alpha value is -0.830. The van der Waals surface area contributed by atoms with Gasteiger partial charge >= 0.3 is 0 Å². The third-order valence-electron chi connectivity index (χ3n) is 2.49. The number of nitrogens with zero attached hydrogens (tertiary/aromatic N) is 2. The van der Waals surface area contributed by atoms with Crippen LogP contribution < -0.4 is 5.32 Å². The first-order valence-electron chi connectivity index (χ1n) is 4.91. The van der Waals surface area contributed by atoms with Gasteiger partial charge < -0.3 is 5.32 Å². The molecule has 0 radical (unpaired) electrons. The minimum Gasteiger partial charge on any atom is -0.311 e. The van der Waals surface area contributed by atoms with Crippen LogP contribution >= 0.6 is 0 Å². The second kappa shape index (κ2) is 3.14. The van der Waals surface area contributed by atoms with Crippen molar-refractivity contribution in [3.63, 3.8) is 0 Å². The summed E-state index contributed by atoms with van der Waals surface area (Å²) in [5.41, 5.74) is 1.38. The summed E-state index contributed by atoms with van der Waals surface area (Å²) >= 11 is 0. The van der Waals surface area contributed by atoms with Gasteiger partial charge in [0.25, 0.3) is 0 Å². The topological polar surface area (TPSA) is 29.9 Å². The fourth-order valence-electron chi connectivity index (χ4n) is 1.81. The van der Waals surface area contributed by atoms with Crippen LogP contribution in [0.2, 0.25) is 0 Å². The molecule has 0 aromatic carbocycles. The summed E-state index contributed by atoms with van der Waals surface area (Å²) in [4.78, 5) is 0. The lowest BCUT2D eigenvalue weighted by Crippen LogP contribution is -2.25. The van der Waals surface area contributed by atoms with Crippen LogP contribution in [-0.2, 0) is 7.05 Å². The normalized spacial score (nSPS) is 26.8. The number of aromatic nitrogens is 2. The fraction of sp³-hybridized carbons (Fsp3) is 0.700. The van der Waals surface area contributed by atoms with Crippen LogP contribution in [0.15, 0.2) is 12.4 Å². The van der Waals surface area contributed by atoms with E-state index in [0.29, 0.717) is 18.0 Å². The van der Waals surface area contributed by atoms with Crippen molar-refractivity contribution >= 4 is 0 Å². The highest BCUT2D eigenvalue weighted by Gasteiger charge is 2.38. The van der Waals surface area contributed by atoms with E-state index in [4.69, 9.17) is 0 Å². The van der Waals surface area contributed by atoms with E-state index in [1.807, 2.05) is 17.9 Å². The maximum absolute atomic E-state index is 4.18. The van der Waals surface area contributed by atoms with Crippen LogP contribution in [0.3, 0.4) is 0 Å². The van der Waals surface area contributed by atoms with Crippen molar-refractivity contribution in [1.29, 1.82) is 0 Å². The van der Waals surface area contributed by atoms with Gasteiger partial charge in [0.2, 0.25) is 0 Å². The molecule has 1 fully saturated rings. The molecule has 0 spiro atoms. The average molecular weight is 179 g/mol. The lowest BCUT2D eigenvalue weighted by atomic mass is 10.2. The van der Waals surface area contributed by atoms with E-state index in [9.17, 15) is 0 Å². The van der Waals surface area contributed by atoms with E-state index < -0.39 is 0 Å². The second-order valence-electron chi connectivity index (χ2n) is 4.22. The van der Waals surface area contributed by atoms with Crippen LogP contribution in [0, 0.1) is 0 Å². The SMILES string of the molecule is CC(C)N[C@@H]1C[C@H]1c1cnn(C)c1. The molecule has 0 saturated heterocycles. The summed E-state index contributed by atoms with van der Waals surface area (Å²) in [6.07, 6.45) is 5.36. The zero-order chi connectivity index (χ0) is 9.42. The Bertz CT molecular complexity index is 290. The lowest BCUT2D eigenvalue weighted by molar-refractivity contribution is 0.576. The standard InChI is InChI=1S/C10H17N3/c1-7(2)12-10-4-9(10)8-5-11-13(3)6-8/h5-7,9-10,12H,4H2,1-3H3/t9-,10+/m0/s1. The van der Waals surface area contributed by atoms with E-state index in [1.165, 1.54) is 12.0 Å².